The number of rotatable bonds is 3. The van der Waals surface area contributed by atoms with E-state index in [1.807, 2.05) is 42.9 Å². The molecule has 0 atom stereocenters. The lowest BCUT2D eigenvalue weighted by Crippen LogP contribution is -1.98. The maximum Gasteiger partial charge on any atom is 0.0666 e. The van der Waals surface area contributed by atoms with E-state index in [4.69, 9.17) is 11.6 Å². The monoisotopic (exact) mass is 256 g/mol. The summed E-state index contributed by atoms with van der Waals surface area (Å²) in [6.45, 7) is 0. The smallest absolute Gasteiger partial charge is 0.0666 e. The van der Waals surface area contributed by atoms with E-state index in [9.17, 15) is 0 Å². The standard InChI is InChI=1S/C15H13ClN2/c16-13-5-2-1-4-12(13)7-8-14-15-6-3-10-18(15)11-9-17-14/h1-6,9-11H,7-8H2. The molecule has 3 heteroatoms. The average Bonchev–Trinajstić information content (AvgIpc) is 2.86. The SMILES string of the molecule is Clc1ccccc1CCc1nccn2cccc12. The van der Waals surface area contributed by atoms with Gasteiger partial charge in [0.15, 0.2) is 0 Å². The van der Waals surface area contributed by atoms with Gasteiger partial charge >= 0.3 is 0 Å². The molecule has 3 rings (SSSR count). The van der Waals surface area contributed by atoms with Crippen molar-refractivity contribution in [1.29, 1.82) is 0 Å². The molecule has 2 nitrogen and oxygen atoms in total. The van der Waals surface area contributed by atoms with E-state index in [-0.39, 0.29) is 0 Å². The van der Waals surface area contributed by atoms with Gasteiger partial charge in [0.25, 0.3) is 0 Å². The van der Waals surface area contributed by atoms with Crippen molar-refractivity contribution in [2.75, 3.05) is 0 Å². The number of nitrogens with zero attached hydrogens (tertiary/aromatic N) is 2. The van der Waals surface area contributed by atoms with Gasteiger partial charge in [-0.2, -0.15) is 0 Å². The van der Waals surface area contributed by atoms with Crippen LogP contribution in [0.15, 0.2) is 55.0 Å². The summed E-state index contributed by atoms with van der Waals surface area (Å²) in [4.78, 5) is 4.46. The topological polar surface area (TPSA) is 17.3 Å². The van der Waals surface area contributed by atoms with Crippen LogP contribution in [-0.2, 0) is 12.8 Å². The van der Waals surface area contributed by atoms with E-state index >= 15 is 0 Å². The molecule has 18 heavy (non-hydrogen) atoms. The first-order chi connectivity index (χ1) is 8.84. The van der Waals surface area contributed by atoms with Crippen LogP contribution in [0.3, 0.4) is 0 Å². The van der Waals surface area contributed by atoms with Gasteiger partial charge in [0.05, 0.1) is 11.2 Å². The lowest BCUT2D eigenvalue weighted by molar-refractivity contribution is 0.908. The van der Waals surface area contributed by atoms with Gasteiger partial charge in [0.1, 0.15) is 0 Å². The lowest BCUT2D eigenvalue weighted by atomic mass is 10.1. The zero-order valence-corrected chi connectivity index (χ0v) is 10.6. The van der Waals surface area contributed by atoms with Gasteiger partial charge in [0.2, 0.25) is 0 Å². The summed E-state index contributed by atoms with van der Waals surface area (Å²) >= 11 is 6.16. The maximum absolute atomic E-state index is 6.16. The normalized spacial score (nSPS) is 10.9. The summed E-state index contributed by atoms with van der Waals surface area (Å²) in [5, 5.41) is 0.833. The van der Waals surface area contributed by atoms with Crippen molar-refractivity contribution in [3.63, 3.8) is 0 Å². The van der Waals surface area contributed by atoms with Crippen molar-refractivity contribution in [2.45, 2.75) is 12.8 Å². The molecule has 0 fully saturated rings. The molecule has 3 aromatic rings. The molecule has 0 saturated heterocycles. The number of benzene rings is 1. The van der Waals surface area contributed by atoms with E-state index < -0.39 is 0 Å². The Morgan fingerprint density at radius 2 is 1.89 bits per heavy atom. The van der Waals surface area contributed by atoms with Gasteiger partial charge in [-0.05, 0) is 36.6 Å². The Kier molecular flexibility index (Phi) is 3.03. The van der Waals surface area contributed by atoms with Crippen LogP contribution in [0.2, 0.25) is 5.02 Å². The van der Waals surface area contributed by atoms with Crippen molar-refractivity contribution in [1.82, 2.24) is 9.38 Å². The van der Waals surface area contributed by atoms with Crippen molar-refractivity contribution in [2.24, 2.45) is 0 Å². The third-order valence-electron chi connectivity index (χ3n) is 3.12. The highest BCUT2D eigenvalue weighted by Crippen LogP contribution is 2.18. The predicted octanol–water partition coefficient (Wildman–Crippen LogP) is 3.77. The highest BCUT2D eigenvalue weighted by molar-refractivity contribution is 6.31. The Bertz CT molecular complexity index is 673. The van der Waals surface area contributed by atoms with Crippen LogP contribution in [0.25, 0.3) is 5.52 Å². The van der Waals surface area contributed by atoms with E-state index in [0.29, 0.717) is 0 Å². The molecule has 90 valence electrons. The Balaban J connectivity index is 1.85. The van der Waals surface area contributed by atoms with Crippen LogP contribution in [0, 0.1) is 0 Å². The van der Waals surface area contributed by atoms with Crippen molar-refractivity contribution < 1.29 is 0 Å². The van der Waals surface area contributed by atoms with Crippen LogP contribution in [0.1, 0.15) is 11.3 Å². The third-order valence-corrected chi connectivity index (χ3v) is 3.49. The van der Waals surface area contributed by atoms with E-state index in [1.54, 1.807) is 0 Å². The molecular formula is C15H13ClN2. The molecule has 0 aliphatic heterocycles. The number of hydrogen-bond acceptors (Lipinski definition) is 1. The fourth-order valence-corrected chi connectivity index (χ4v) is 2.41. The van der Waals surface area contributed by atoms with Gasteiger partial charge in [0, 0.05) is 23.6 Å². The minimum absolute atomic E-state index is 0.833. The molecule has 0 N–H and O–H groups in total. The molecule has 0 aliphatic rings. The molecule has 0 spiro atoms. The number of halogens is 1. The van der Waals surface area contributed by atoms with Crippen LogP contribution >= 0.6 is 11.6 Å². The second-order valence-corrected chi connectivity index (χ2v) is 4.67. The number of aryl methyl sites for hydroxylation is 2. The van der Waals surface area contributed by atoms with Crippen LogP contribution in [0.4, 0.5) is 0 Å². The van der Waals surface area contributed by atoms with Crippen LogP contribution < -0.4 is 0 Å². The first-order valence-corrected chi connectivity index (χ1v) is 6.36. The van der Waals surface area contributed by atoms with Gasteiger partial charge in [-0.1, -0.05) is 29.8 Å². The fourth-order valence-electron chi connectivity index (χ4n) is 2.18. The molecule has 0 radical (unpaired) electrons. The summed E-state index contributed by atoms with van der Waals surface area (Å²) in [6.07, 6.45) is 7.66. The third kappa shape index (κ3) is 2.12. The van der Waals surface area contributed by atoms with Crippen molar-refractivity contribution in [3.05, 3.63) is 71.3 Å². The average molecular weight is 257 g/mol. The lowest BCUT2D eigenvalue weighted by Gasteiger charge is -2.05. The molecule has 0 amide bonds. The summed E-state index contributed by atoms with van der Waals surface area (Å²) in [5.74, 6) is 0. The van der Waals surface area contributed by atoms with E-state index in [0.717, 1.165) is 23.6 Å². The summed E-state index contributed by atoms with van der Waals surface area (Å²) in [5.41, 5.74) is 3.46. The zero-order valence-electron chi connectivity index (χ0n) is 9.88. The van der Waals surface area contributed by atoms with Gasteiger partial charge in [-0.15, -0.1) is 0 Å². The molecule has 0 saturated carbocycles. The molecule has 0 bridgehead atoms. The van der Waals surface area contributed by atoms with Crippen LogP contribution in [-0.4, -0.2) is 9.38 Å². The number of fused-ring (bicyclic) bond motifs is 1. The van der Waals surface area contributed by atoms with Crippen molar-refractivity contribution in [3.8, 4) is 0 Å². The summed E-state index contributed by atoms with van der Waals surface area (Å²) in [7, 11) is 0. The largest absolute Gasteiger partial charge is 0.321 e. The molecule has 1 aromatic carbocycles. The summed E-state index contributed by atoms with van der Waals surface area (Å²) in [6, 6.07) is 12.1. The van der Waals surface area contributed by atoms with Crippen molar-refractivity contribution >= 4 is 17.1 Å². The molecular weight excluding hydrogens is 244 g/mol. The summed E-state index contributed by atoms with van der Waals surface area (Å²) < 4.78 is 2.09. The minimum atomic E-state index is 0.833. The zero-order chi connectivity index (χ0) is 12.4. The molecule has 0 unspecified atom stereocenters. The van der Waals surface area contributed by atoms with Gasteiger partial charge < -0.3 is 4.40 Å². The van der Waals surface area contributed by atoms with Crippen LogP contribution in [0.5, 0.6) is 0 Å². The highest BCUT2D eigenvalue weighted by Gasteiger charge is 2.04. The molecule has 2 heterocycles. The highest BCUT2D eigenvalue weighted by atomic mass is 35.5. The van der Waals surface area contributed by atoms with E-state index in [2.05, 4.69) is 21.5 Å². The second kappa shape index (κ2) is 4.83. The fraction of sp³-hybridized carbons (Fsp3) is 0.133. The van der Waals surface area contributed by atoms with Gasteiger partial charge in [-0.3, -0.25) is 4.98 Å². The Labute approximate surface area is 111 Å². The Morgan fingerprint density at radius 1 is 1.00 bits per heavy atom. The first kappa shape index (κ1) is 11.3. The van der Waals surface area contributed by atoms with Gasteiger partial charge in [-0.25, -0.2) is 0 Å². The quantitative estimate of drug-likeness (QED) is 0.697. The predicted molar refractivity (Wildman–Crippen MR) is 74.1 cm³/mol. The second-order valence-electron chi connectivity index (χ2n) is 4.27. The minimum Gasteiger partial charge on any atom is -0.321 e. The number of aromatic nitrogens is 2. The molecule has 0 aliphatic carbocycles. The first-order valence-electron chi connectivity index (χ1n) is 5.98. The number of hydrogen-bond donors (Lipinski definition) is 0. The maximum atomic E-state index is 6.16. The van der Waals surface area contributed by atoms with E-state index in [1.165, 1.54) is 11.1 Å². The Morgan fingerprint density at radius 3 is 2.78 bits per heavy atom. The Hall–Kier alpha value is -1.80. The molecule has 2 aromatic heterocycles.